The van der Waals surface area contributed by atoms with Crippen LogP contribution in [0.4, 0.5) is 5.13 Å². The summed E-state index contributed by atoms with van der Waals surface area (Å²) >= 11 is 1.51. The van der Waals surface area contributed by atoms with Crippen molar-refractivity contribution in [3.8, 4) is 5.75 Å². The SMILES string of the molecule is Cc1ccc(OCC(=O)Nc2nc3c(s2)CNC3)cc1. The van der Waals surface area contributed by atoms with Gasteiger partial charge in [-0.05, 0) is 19.1 Å². The fourth-order valence-electron chi connectivity index (χ4n) is 1.95. The molecule has 0 spiro atoms. The number of hydrogen-bond donors (Lipinski definition) is 2. The van der Waals surface area contributed by atoms with Crippen molar-refractivity contribution in [3.63, 3.8) is 0 Å². The summed E-state index contributed by atoms with van der Waals surface area (Å²) < 4.78 is 5.42. The summed E-state index contributed by atoms with van der Waals surface area (Å²) in [5.74, 6) is 0.502. The zero-order chi connectivity index (χ0) is 13.9. The highest BCUT2D eigenvalue weighted by Crippen LogP contribution is 2.26. The molecule has 0 unspecified atom stereocenters. The van der Waals surface area contributed by atoms with Gasteiger partial charge >= 0.3 is 0 Å². The number of anilines is 1. The van der Waals surface area contributed by atoms with E-state index < -0.39 is 0 Å². The van der Waals surface area contributed by atoms with E-state index in [0.29, 0.717) is 10.9 Å². The van der Waals surface area contributed by atoms with Crippen LogP contribution in [0.25, 0.3) is 0 Å². The zero-order valence-corrected chi connectivity index (χ0v) is 11.9. The largest absolute Gasteiger partial charge is 0.484 e. The van der Waals surface area contributed by atoms with E-state index in [0.717, 1.165) is 24.3 Å². The van der Waals surface area contributed by atoms with E-state index in [9.17, 15) is 4.79 Å². The van der Waals surface area contributed by atoms with Crippen molar-refractivity contribution >= 4 is 22.4 Å². The Balaban J connectivity index is 1.53. The van der Waals surface area contributed by atoms with Gasteiger partial charge in [-0.25, -0.2) is 4.98 Å². The third-order valence-electron chi connectivity index (χ3n) is 2.99. The van der Waals surface area contributed by atoms with Crippen molar-refractivity contribution in [2.24, 2.45) is 0 Å². The number of benzene rings is 1. The maximum atomic E-state index is 11.8. The van der Waals surface area contributed by atoms with E-state index in [1.807, 2.05) is 31.2 Å². The number of amides is 1. The van der Waals surface area contributed by atoms with Crippen molar-refractivity contribution in [1.29, 1.82) is 0 Å². The van der Waals surface area contributed by atoms with Crippen LogP contribution in [0.3, 0.4) is 0 Å². The fraction of sp³-hybridized carbons (Fsp3) is 0.286. The molecule has 3 rings (SSSR count). The quantitative estimate of drug-likeness (QED) is 0.904. The Labute approximate surface area is 121 Å². The maximum absolute atomic E-state index is 11.8. The van der Waals surface area contributed by atoms with E-state index in [1.165, 1.54) is 16.2 Å². The molecule has 2 N–H and O–H groups in total. The average Bonchev–Trinajstić information content (AvgIpc) is 2.99. The molecule has 1 aromatic carbocycles. The summed E-state index contributed by atoms with van der Waals surface area (Å²) in [5.41, 5.74) is 2.19. The average molecular weight is 289 g/mol. The first-order valence-corrected chi connectivity index (χ1v) is 7.21. The molecule has 1 aliphatic heterocycles. The summed E-state index contributed by atoms with van der Waals surface area (Å²) in [6, 6.07) is 7.61. The van der Waals surface area contributed by atoms with Gasteiger partial charge in [-0.15, -0.1) is 11.3 Å². The van der Waals surface area contributed by atoms with Gasteiger partial charge < -0.3 is 10.1 Å². The first kappa shape index (κ1) is 13.1. The Bertz CT molecular complexity index is 600. The summed E-state index contributed by atoms with van der Waals surface area (Å²) in [6.07, 6.45) is 0. The Morgan fingerprint density at radius 3 is 2.95 bits per heavy atom. The smallest absolute Gasteiger partial charge is 0.264 e. The molecule has 0 saturated heterocycles. The normalized spacial score (nSPS) is 13.1. The van der Waals surface area contributed by atoms with Gasteiger partial charge in [-0.1, -0.05) is 17.7 Å². The molecule has 2 aromatic rings. The zero-order valence-electron chi connectivity index (χ0n) is 11.1. The maximum Gasteiger partial charge on any atom is 0.264 e. The van der Waals surface area contributed by atoms with Gasteiger partial charge in [-0.3, -0.25) is 10.1 Å². The number of rotatable bonds is 4. The van der Waals surface area contributed by atoms with Gasteiger partial charge in [-0.2, -0.15) is 0 Å². The van der Waals surface area contributed by atoms with Crippen LogP contribution in [0.15, 0.2) is 24.3 Å². The number of aryl methyl sites for hydroxylation is 1. The molecule has 1 aliphatic rings. The van der Waals surface area contributed by atoms with Crippen LogP contribution in [0.2, 0.25) is 0 Å². The molecule has 5 nitrogen and oxygen atoms in total. The number of aromatic nitrogens is 1. The molecule has 104 valence electrons. The summed E-state index contributed by atoms with van der Waals surface area (Å²) in [6.45, 7) is 3.61. The van der Waals surface area contributed by atoms with Gasteiger partial charge in [0, 0.05) is 18.0 Å². The fourth-order valence-corrected chi connectivity index (χ4v) is 2.91. The molecular formula is C14H15N3O2S. The van der Waals surface area contributed by atoms with Gasteiger partial charge in [0.25, 0.3) is 5.91 Å². The number of ether oxygens (including phenoxy) is 1. The minimum Gasteiger partial charge on any atom is -0.484 e. The lowest BCUT2D eigenvalue weighted by molar-refractivity contribution is -0.118. The highest BCUT2D eigenvalue weighted by molar-refractivity contribution is 7.15. The summed E-state index contributed by atoms with van der Waals surface area (Å²) in [7, 11) is 0. The van der Waals surface area contributed by atoms with E-state index in [-0.39, 0.29) is 12.5 Å². The molecule has 20 heavy (non-hydrogen) atoms. The molecule has 0 aliphatic carbocycles. The van der Waals surface area contributed by atoms with Crippen molar-refractivity contribution in [2.75, 3.05) is 11.9 Å². The topological polar surface area (TPSA) is 63.2 Å². The molecule has 0 bridgehead atoms. The third kappa shape index (κ3) is 2.97. The van der Waals surface area contributed by atoms with Crippen LogP contribution in [0, 0.1) is 6.92 Å². The van der Waals surface area contributed by atoms with Gasteiger partial charge in [0.1, 0.15) is 5.75 Å². The standard InChI is InChI=1S/C14H15N3O2S/c1-9-2-4-10(5-3-9)19-8-13(18)17-14-16-11-6-15-7-12(11)20-14/h2-5,15H,6-8H2,1H3,(H,16,17,18). The molecular weight excluding hydrogens is 274 g/mol. The van der Waals surface area contributed by atoms with Gasteiger partial charge in [0.05, 0.1) is 5.69 Å². The Morgan fingerprint density at radius 2 is 2.20 bits per heavy atom. The van der Waals surface area contributed by atoms with Crippen LogP contribution in [-0.2, 0) is 17.9 Å². The minimum absolute atomic E-state index is 0.00838. The second-order valence-electron chi connectivity index (χ2n) is 4.64. The molecule has 2 heterocycles. The lowest BCUT2D eigenvalue weighted by Crippen LogP contribution is -2.20. The van der Waals surface area contributed by atoms with E-state index >= 15 is 0 Å². The minimum atomic E-state index is -0.189. The van der Waals surface area contributed by atoms with Crippen LogP contribution in [0.1, 0.15) is 16.1 Å². The van der Waals surface area contributed by atoms with Crippen LogP contribution < -0.4 is 15.4 Å². The van der Waals surface area contributed by atoms with Crippen LogP contribution in [-0.4, -0.2) is 17.5 Å². The first-order valence-electron chi connectivity index (χ1n) is 6.39. The molecule has 1 aromatic heterocycles. The highest BCUT2D eigenvalue weighted by Gasteiger charge is 2.17. The van der Waals surface area contributed by atoms with Crippen molar-refractivity contribution in [2.45, 2.75) is 20.0 Å². The predicted molar refractivity (Wildman–Crippen MR) is 78.0 cm³/mol. The lowest BCUT2D eigenvalue weighted by Gasteiger charge is -2.06. The molecule has 0 saturated carbocycles. The Kier molecular flexibility index (Phi) is 3.66. The number of hydrogen-bond acceptors (Lipinski definition) is 5. The Morgan fingerprint density at radius 1 is 1.40 bits per heavy atom. The summed E-state index contributed by atoms with van der Waals surface area (Å²) in [4.78, 5) is 17.4. The molecule has 1 amide bonds. The van der Waals surface area contributed by atoms with E-state index in [2.05, 4.69) is 15.6 Å². The predicted octanol–water partition coefficient (Wildman–Crippen LogP) is 2.07. The monoisotopic (exact) mass is 289 g/mol. The van der Waals surface area contributed by atoms with Crippen molar-refractivity contribution in [3.05, 3.63) is 40.4 Å². The van der Waals surface area contributed by atoms with Crippen LogP contribution in [0.5, 0.6) is 5.75 Å². The van der Waals surface area contributed by atoms with Gasteiger partial charge in [0.2, 0.25) is 0 Å². The molecule has 0 atom stereocenters. The molecule has 6 heteroatoms. The number of nitrogens with one attached hydrogen (secondary N) is 2. The van der Waals surface area contributed by atoms with Crippen LogP contribution >= 0.6 is 11.3 Å². The number of nitrogens with zero attached hydrogens (tertiary/aromatic N) is 1. The molecule has 0 radical (unpaired) electrons. The van der Waals surface area contributed by atoms with E-state index in [4.69, 9.17) is 4.74 Å². The number of carbonyl (C=O) groups is 1. The second kappa shape index (κ2) is 5.60. The highest BCUT2D eigenvalue weighted by atomic mass is 32.1. The first-order chi connectivity index (χ1) is 9.70. The van der Waals surface area contributed by atoms with Crippen molar-refractivity contribution < 1.29 is 9.53 Å². The summed E-state index contributed by atoms with van der Waals surface area (Å²) in [5, 5.41) is 6.63. The van der Waals surface area contributed by atoms with E-state index in [1.54, 1.807) is 0 Å². The Hall–Kier alpha value is -1.92. The van der Waals surface area contributed by atoms with Gasteiger partial charge in [0.15, 0.2) is 11.7 Å². The second-order valence-corrected chi connectivity index (χ2v) is 5.73. The van der Waals surface area contributed by atoms with Crippen molar-refractivity contribution in [1.82, 2.24) is 10.3 Å². The number of carbonyl (C=O) groups excluding carboxylic acids is 1. The number of thiazole rings is 1. The molecule has 0 fully saturated rings. The number of fused-ring (bicyclic) bond motifs is 1. The third-order valence-corrected chi connectivity index (χ3v) is 4.01. The lowest BCUT2D eigenvalue weighted by atomic mass is 10.2.